The van der Waals surface area contributed by atoms with Gasteiger partial charge < -0.3 is 10.2 Å². The van der Waals surface area contributed by atoms with E-state index in [4.69, 9.17) is 10.6 Å². The third-order valence-corrected chi connectivity index (χ3v) is 2.70. The van der Waals surface area contributed by atoms with E-state index in [9.17, 15) is 8.78 Å². The Morgan fingerprint density at radius 3 is 2.70 bits per heavy atom. The fourth-order valence-corrected chi connectivity index (χ4v) is 1.60. The minimum absolute atomic E-state index is 0.134. The zero-order chi connectivity index (χ0) is 14.7. The third kappa shape index (κ3) is 2.83. The second-order valence-electron chi connectivity index (χ2n) is 4.09. The molecule has 20 heavy (non-hydrogen) atoms. The van der Waals surface area contributed by atoms with Crippen molar-refractivity contribution in [3.05, 3.63) is 41.2 Å². The molecule has 0 aliphatic heterocycles. The molecule has 106 valence electrons. The zero-order valence-corrected chi connectivity index (χ0v) is 11.1. The van der Waals surface area contributed by atoms with Crippen molar-refractivity contribution in [3.8, 4) is 11.6 Å². The van der Waals surface area contributed by atoms with Gasteiger partial charge in [0, 0.05) is 12.5 Å². The van der Waals surface area contributed by atoms with Crippen LogP contribution in [-0.2, 0) is 6.42 Å². The zero-order valence-electron chi connectivity index (χ0n) is 11.1. The van der Waals surface area contributed by atoms with Crippen LogP contribution in [0.4, 0.5) is 14.6 Å². The standard InChI is InChI=1S/C13H14F2N4O/c1-3-11-17-12(19-16)7(2)13(18-11)20-10-6-8(14)4-5-9(10)15/h4-6H,3,16H2,1-2H3,(H,17,18,19). The summed E-state index contributed by atoms with van der Waals surface area (Å²) >= 11 is 0. The summed E-state index contributed by atoms with van der Waals surface area (Å²) in [6.45, 7) is 3.53. The molecule has 5 nitrogen and oxygen atoms in total. The van der Waals surface area contributed by atoms with E-state index in [0.717, 1.165) is 18.2 Å². The van der Waals surface area contributed by atoms with Crippen LogP contribution in [0.5, 0.6) is 11.6 Å². The fraction of sp³-hybridized carbons (Fsp3) is 0.231. The number of aromatic nitrogens is 2. The number of hydrogen-bond donors (Lipinski definition) is 2. The Balaban J connectivity index is 2.44. The summed E-state index contributed by atoms with van der Waals surface area (Å²) in [6.07, 6.45) is 0.553. The second-order valence-corrected chi connectivity index (χ2v) is 4.09. The number of hydrogen-bond acceptors (Lipinski definition) is 5. The maximum atomic E-state index is 13.6. The largest absolute Gasteiger partial charge is 0.435 e. The maximum absolute atomic E-state index is 13.6. The topological polar surface area (TPSA) is 73.1 Å². The molecule has 1 aromatic heterocycles. The highest BCUT2D eigenvalue weighted by atomic mass is 19.1. The summed E-state index contributed by atoms with van der Waals surface area (Å²) in [4.78, 5) is 8.30. The summed E-state index contributed by atoms with van der Waals surface area (Å²) in [5.41, 5.74) is 2.93. The Bertz CT molecular complexity index is 634. The molecule has 0 spiro atoms. The molecule has 0 saturated carbocycles. The minimum Gasteiger partial charge on any atom is -0.435 e. The number of anilines is 1. The van der Waals surface area contributed by atoms with Gasteiger partial charge in [-0.1, -0.05) is 6.92 Å². The number of halogens is 2. The lowest BCUT2D eigenvalue weighted by Crippen LogP contribution is -2.13. The van der Waals surface area contributed by atoms with Gasteiger partial charge in [0.15, 0.2) is 11.6 Å². The van der Waals surface area contributed by atoms with Gasteiger partial charge in [0.05, 0.1) is 5.56 Å². The number of nitrogens with zero attached hydrogens (tertiary/aromatic N) is 2. The van der Waals surface area contributed by atoms with Crippen LogP contribution in [0.25, 0.3) is 0 Å². The molecule has 2 aromatic rings. The number of nitrogens with two attached hydrogens (primary N) is 1. The van der Waals surface area contributed by atoms with Crippen LogP contribution in [-0.4, -0.2) is 9.97 Å². The fourth-order valence-electron chi connectivity index (χ4n) is 1.60. The molecule has 0 radical (unpaired) electrons. The average molecular weight is 280 g/mol. The summed E-state index contributed by atoms with van der Waals surface area (Å²) < 4.78 is 32.1. The number of benzene rings is 1. The second kappa shape index (κ2) is 5.79. The molecule has 0 aliphatic rings. The van der Waals surface area contributed by atoms with Crippen LogP contribution in [0.2, 0.25) is 0 Å². The normalized spacial score (nSPS) is 10.4. The van der Waals surface area contributed by atoms with Crippen molar-refractivity contribution in [1.29, 1.82) is 0 Å². The predicted molar refractivity (Wildman–Crippen MR) is 70.4 cm³/mol. The number of nitrogens with one attached hydrogen (secondary N) is 1. The van der Waals surface area contributed by atoms with Crippen molar-refractivity contribution in [3.63, 3.8) is 0 Å². The smallest absolute Gasteiger partial charge is 0.227 e. The van der Waals surface area contributed by atoms with Crippen LogP contribution in [0.3, 0.4) is 0 Å². The first-order valence-corrected chi connectivity index (χ1v) is 6.02. The van der Waals surface area contributed by atoms with Crippen LogP contribution in [0.1, 0.15) is 18.3 Å². The van der Waals surface area contributed by atoms with Crippen LogP contribution in [0.15, 0.2) is 18.2 Å². The van der Waals surface area contributed by atoms with Crippen molar-refractivity contribution in [2.75, 3.05) is 5.43 Å². The van der Waals surface area contributed by atoms with Gasteiger partial charge in [0.25, 0.3) is 0 Å². The molecule has 0 bridgehead atoms. The monoisotopic (exact) mass is 280 g/mol. The molecule has 7 heteroatoms. The van der Waals surface area contributed by atoms with Crippen molar-refractivity contribution < 1.29 is 13.5 Å². The molecule has 0 saturated heterocycles. The summed E-state index contributed by atoms with van der Waals surface area (Å²) in [5, 5.41) is 0. The molecular formula is C13H14F2N4O. The molecular weight excluding hydrogens is 266 g/mol. The SMILES string of the molecule is CCc1nc(NN)c(C)c(Oc2cc(F)ccc2F)n1. The van der Waals surface area contributed by atoms with Gasteiger partial charge in [-0.2, -0.15) is 4.98 Å². The predicted octanol–water partition coefficient (Wildman–Crippen LogP) is 2.70. The maximum Gasteiger partial charge on any atom is 0.227 e. The average Bonchev–Trinajstić information content (AvgIpc) is 2.45. The molecule has 1 aromatic carbocycles. The molecule has 0 aliphatic carbocycles. The highest BCUT2D eigenvalue weighted by Gasteiger charge is 2.14. The number of aryl methyl sites for hydroxylation is 1. The third-order valence-electron chi connectivity index (χ3n) is 2.70. The highest BCUT2D eigenvalue weighted by molar-refractivity contribution is 5.48. The Kier molecular flexibility index (Phi) is 4.09. The lowest BCUT2D eigenvalue weighted by Gasteiger charge is -2.12. The summed E-state index contributed by atoms with van der Waals surface area (Å²) in [7, 11) is 0. The van der Waals surface area contributed by atoms with Crippen molar-refractivity contribution in [1.82, 2.24) is 9.97 Å². The lowest BCUT2D eigenvalue weighted by molar-refractivity contribution is 0.417. The Hall–Kier alpha value is -2.28. The van der Waals surface area contributed by atoms with E-state index in [1.54, 1.807) is 6.92 Å². The number of nitrogen functional groups attached to an aromatic ring is 1. The quantitative estimate of drug-likeness (QED) is 0.665. The van der Waals surface area contributed by atoms with Crippen molar-refractivity contribution in [2.24, 2.45) is 5.84 Å². The van der Waals surface area contributed by atoms with E-state index in [1.165, 1.54) is 0 Å². The highest BCUT2D eigenvalue weighted by Crippen LogP contribution is 2.29. The van der Waals surface area contributed by atoms with Gasteiger partial charge in [-0.25, -0.2) is 19.6 Å². The molecule has 2 rings (SSSR count). The van der Waals surface area contributed by atoms with E-state index in [1.807, 2.05) is 6.92 Å². The van der Waals surface area contributed by atoms with E-state index in [0.29, 0.717) is 23.6 Å². The van der Waals surface area contributed by atoms with E-state index in [2.05, 4.69) is 15.4 Å². The first-order valence-electron chi connectivity index (χ1n) is 6.02. The van der Waals surface area contributed by atoms with E-state index in [-0.39, 0.29) is 11.6 Å². The molecule has 0 atom stereocenters. The van der Waals surface area contributed by atoms with Gasteiger partial charge in [0.1, 0.15) is 17.5 Å². The molecule has 0 fully saturated rings. The summed E-state index contributed by atoms with van der Waals surface area (Å²) in [6, 6.07) is 2.96. The van der Waals surface area contributed by atoms with Gasteiger partial charge in [-0.15, -0.1) is 0 Å². The number of hydrazine groups is 1. The van der Waals surface area contributed by atoms with E-state index >= 15 is 0 Å². The Morgan fingerprint density at radius 2 is 2.05 bits per heavy atom. The van der Waals surface area contributed by atoms with Crippen LogP contribution >= 0.6 is 0 Å². The lowest BCUT2D eigenvalue weighted by atomic mass is 10.3. The molecule has 1 heterocycles. The number of ether oxygens (including phenoxy) is 1. The van der Waals surface area contributed by atoms with Crippen molar-refractivity contribution >= 4 is 5.82 Å². The van der Waals surface area contributed by atoms with Crippen LogP contribution < -0.4 is 16.0 Å². The van der Waals surface area contributed by atoms with Crippen molar-refractivity contribution in [2.45, 2.75) is 20.3 Å². The Labute approximate surface area is 114 Å². The number of rotatable bonds is 4. The minimum atomic E-state index is -0.676. The van der Waals surface area contributed by atoms with Gasteiger partial charge in [0.2, 0.25) is 5.88 Å². The molecule has 0 amide bonds. The molecule has 0 unspecified atom stereocenters. The first-order chi connectivity index (χ1) is 9.55. The van der Waals surface area contributed by atoms with E-state index < -0.39 is 11.6 Å². The van der Waals surface area contributed by atoms with Gasteiger partial charge >= 0.3 is 0 Å². The first kappa shape index (κ1) is 14.1. The van der Waals surface area contributed by atoms with Gasteiger partial charge in [-0.3, -0.25) is 0 Å². The molecule has 3 N–H and O–H groups in total. The van der Waals surface area contributed by atoms with Crippen LogP contribution in [0, 0.1) is 18.6 Å². The summed E-state index contributed by atoms with van der Waals surface area (Å²) in [5.74, 6) is 4.84. The van der Waals surface area contributed by atoms with Gasteiger partial charge in [-0.05, 0) is 19.1 Å². The Morgan fingerprint density at radius 1 is 1.30 bits per heavy atom.